The lowest BCUT2D eigenvalue weighted by Gasteiger charge is -2.32. The summed E-state index contributed by atoms with van der Waals surface area (Å²) >= 11 is 0. The summed E-state index contributed by atoms with van der Waals surface area (Å²) in [6.45, 7) is 6.12. The van der Waals surface area contributed by atoms with Gasteiger partial charge in [-0.15, -0.1) is 0 Å². The number of rotatable bonds is 5. The van der Waals surface area contributed by atoms with Crippen LogP contribution in [0.5, 0.6) is 0 Å². The number of hydrogen-bond donors (Lipinski definition) is 1. The average Bonchev–Trinajstić information content (AvgIpc) is 2.75. The molecule has 0 amide bonds. The third-order valence-electron chi connectivity index (χ3n) is 5.23. The molecule has 0 spiro atoms. The molecule has 144 valence electrons. The zero-order valence-electron chi connectivity index (χ0n) is 16.6. The fraction of sp³-hybridized carbons (Fsp3) is 0.304. The Morgan fingerprint density at radius 3 is 2.36 bits per heavy atom. The molecule has 0 atom stereocenters. The molecule has 1 saturated heterocycles. The van der Waals surface area contributed by atoms with E-state index < -0.39 is 0 Å². The van der Waals surface area contributed by atoms with Gasteiger partial charge in [0.1, 0.15) is 5.82 Å². The first kappa shape index (κ1) is 18.4. The molecule has 3 aromatic rings. The van der Waals surface area contributed by atoms with Gasteiger partial charge in [0.15, 0.2) is 0 Å². The van der Waals surface area contributed by atoms with E-state index in [-0.39, 0.29) is 0 Å². The Morgan fingerprint density at radius 2 is 1.61 bits per heavy atom. The molecule has 0 radical (unpaired) electrons. The Balaban J connectivity index is 1.71. The number of hydrogen-bond acceptors (Lipinski definition) is 5. The van der Waals surface area contributed by atoms with E-state index in [1.807, 2.05) is 24.3 Å². The SMILES string of the molecule is CCc1ccccc1Nc1cc(-c2ccccc2)nc(N2CCN(C)CC2)n1. The van der Waals surface area contributed by atoms with Crippen LogP contribution in [0.2, 0.25) is 0 Å². The Bertz CT molecular complexity index is 917. The monoisotopic (exact) mass is 373 g/mol. The minimum atomic E-state index is 0.797. The number of aryl methyl sites for hydroxylation is 1. The van der Waals surface area contributed by atoms with Gasteiger partial charge in [-0.2, -0.15) is 4.98 Å². The Kier molecular flexibility index (Phi) is 5.53. The minimum Gasteiger partial charge on any atom is -0.340 e. The van der Waals surface area contributed by atoms with Crippen LogP contribution in [0.1, 0.15) is 12.5 Å². The van der Waals surface area contributed by atoms with Crippen LogP contribution in [0.3, 0.4) is 0 Å². The molecule has 1 aromatic heterocycles. The first-order chi connectivity index (χ1) is 13.7. The van der Waals surface area contributed by atoms with Crippen molar-refractivity contribution in [3.05, 3.63) is 66.2 Å². The molecular weight excluding hydrogens is 346 g/mol. The quantitative estimate of drug-likeness (QED) is 0.726. The number of likely N-dealkylation sites (N-methyl/N-ethyl adjacent to an activating group) is 1. The highest BCUT2D eigenvalue weighted by atomic mass is 15.3. The summed E-state index contributed by atoms with van der Waals surface area (Å²) in [6.07, 6.45) is 0.977. The molecule has 0 bridgehead atoms. The lowest BCUT2D eigenvalue weighted by Crippen LogP contribution is -2.45. The standard InChI is InChI=1S/C23H27N5/c1-3-18-9-7-8-12-20(18)24-22-17-21(19-10-5-4-6-11-19)25-23(26-22)28-15-13-27(2)14-16-28/h4-12,17H,3,13-16H2,1-2H3,(H,24,25,26). The number of nitrogens with zero attached hydrogens (tertiary/aromatic N) is 4. The second-order valence-corrected chi connectivity index (χ2v) is 7.23. The Morgan fingerprint density at radius 1 is 0.893 bits per heavy atom. The van der Waals surface area contributed by atoms with Crippen molar-refractivity contribution in [2.45, 2.75) is 13.3 Å². The molecule has 1 aliphatic heterocycles. The summed E-state index contributed by atoms with van der Waals surface area (Å²) in [5.41, 5.74) is 4.43. The van der Waals surface area contributed by atoms with Crippen molar-refractivity contribution in [1.82, 2.24) is 14.9 Å². The minimum absolute atomic E-state index is 0.797. The molecule has 1 aliphatic rings. The highest BCUT2D eigenvalue weighted by Crippen LogP contribution is 2.26. The smallest absolute Gasteiger partial charge is 0.227 e. The Hall–Kier alpha value is -2.92. The topological polar surface area (TPSA) is 44.3 Å². The molecule has 0 saturated carbocycles. The Labute approximate surface area is 167 Å². The largest absolute Gasteiger partial charge is 0.340 e. The van der Waals surface area contributed by atoms with Crippen LogP contribution in [-0.2, 0) is 6.42 Å². The highest BCUT2D eigenvalue weighted by Gasteiger charge is 2.18. The molecule has 2 heterocycles. The van der Waals surface area contributed by atoms with E-state index in [1.54, 1.807) is 0 Å². The molecule has 1 fully saturated rings. The van der Waals surface area contributed by atoms with E-state index in [9.17, 15) is 0 Å². The lowest BCUT2D eigenvalue weighted by molar-refractivity contribution is 0.311. The van der Waals surface area contributed by atoms with Crippen molar-refractivity contribution in [3.63, 3.8) is 0 Å². The van der Waals surface area contributed by atoms with Gasteiger partial charge in [0.25, 0.3) is 0 Å². The van der Waals surface area contributed by atoms with Crippen molar-refractivity contribution in [3.8, 4) is 11.3 Å². The molecular formula is C23H27N5. The van der Waals surface area contributed by atoms with E-state index >= 15 is 0 Å². The molecule has 0 aliphatic carbocycles. The van der Waals surface area contributed by atoms with Gasteiger partial charge in [-0.1, -0.05) is 55.5 Å². The molecule has 28 heavy (non-hydrogen) atoms. The maximum absolute atomic E-state index is 4.89. The van der Waals surface area contributed by atoms with Gasteiger partial charge >= 0.3 is 0 Å². The number of piperazine rings is 1. The van der Waals surface area contributed by atoms with Gasteiger partial charge in [-0.05, 0) is 25.1 Å². The zero-order chi connectivity index (χ0) is 19.3. The summed E-state index contributed by atoms with van der Waals surface area (Å²) in [7, 11) is 2.16. The molecule has 1 N–H and O–H groups in total. The van der Waals surface area contributed by atoms with E-state index in [2.05, 4.69) is 65.5 Å². The second kappa shape index (κ2) is 8.40. The number of benzene rings is 2. The van der Waals surface area contributed by atoms with Gasteiger partial charge in [0, 0.05) is 43.5 Å². The normalized spacial score (nSPS) is 14.9. The molecule has 5 nitrogen and oxygen atoms in total. The van der Waals surface area contributed by atoms with E-state index in [0.29, 0.717) is 0 Å². The predicted molar refractivity (Wildman–Crippen MR) is 116 cm³/mol. The third kappa shape index (κ3) is 4.15. The van der Waals surface area contributed by atoms with Gasteiger partial charge < -0.3 is 15.1 Å². The van der Waals surface area contributed by atoms with Gasteiger partial charge in [-0.3, -0.25) is 0 Å². The van der Waals surface area contributed by atoms with Crippen molar-refractivity contribution in [1.29, 1.82) is 0 Å². The average molecular weight is 374 g/mol. The molecule has 4 rings (SSSR count). The van der Waals surface area contributed by atoms with Crippen molar-refractivity contribution in [2.75, 3.05) is 43.4 Å². The van der Waals surface area contributed by atoms with Gasteiger partial charge in [-0.25, -0.2) is 4.98 Å². The number of aromatic nitrogens is 2. The van der Waals surface area contributed by atoms with Crippen LogP contribution in [0.4, 0.5) is 17.5 Å². The van der Waals surface area contributed by atoms with E-state index in [0.717, 1.165) is 61.3 Å². The predicted octanol–water partition coefficient (Wildman–Crippen LogP) is 4.20. The number of para-hydroxylation sites is 1. The van der Waals surface area contributed by atoms with Crippen molar-refractivity contribution < 1.29 is 0 Å². The zero-order valence-corrected chi connectivity index (χ0v) is 16.6. The maximum atomic E-state index is 4.89. The van der Waals surface area contributed by atoms with Crippen LogP contribution in [-0.4, -0.2) is 48.1 Å². The summed E-state index contributed by atoms with van der Waals surface area (Å²) in [5.74, 6) is 1.63. The number of nitrogens with one attached hydrogen (secondary N) is 1. The van der Waals surface area contributed by atoms with Gasteiger partial charge in [0.2, 0.25) is 5.95 Å². The first-order valence-electron chi connectivity index (χ1n) is 9.96. The van der Waals surface area contributed by atoms with Crippen molar-refractivity contribution >= 4 is 17.5 Å². The van der Waals surface area contributed by atoms with Crippen LogP contribution >= 0.6 is 0 Å². The first-order valence-corrected chi connectivity index (χ1v) is 9.96. The lowest BCUT2D eigenvalue weighted by atomic mass is 10.1. The highest BCUT2D eigenvalue weighted by molar-refractivity contribution is 5.68. The van der Waals surface area contributed by atoms with Crippen molar-refractivity contribution in [2.24, 2.45) is 0 Å². The molecule has 0 unspecified atom stereocenters. The third-order valence-corrected chi connectivity index (χ3v) is 5.23. The summed E-state index contributed by atoms with van der Waals surface area (Å²) in [6, 6.07) is 20.8. The second-order valence-electron chi connectivity index (χ2n) is 7.23. The molecule has 5 heteroatoms. The number of anilines is 3. The molecule has 2 aromatic carbocycles. The van der Waals surface area contributed by atoms with E-state index in [4.69, 9.17) is 9.97 Å². The van der Waals surface area contributed by atoms with Crippen LogP contribution < -0.4 is 10.2 Å². The van der Waals surface area contributed by atoms with E-state index in [1.165, 1.54) is 5.56 Å². The van der Waals surface area contributed by atoms with Crippen LogP contribution in [0, 0.1) is 0 Å². The summed E-state index contributed by atoms with van der Waals surface area (Å²) in [4.78, 5) is 14.4. The van der Waals surface area contributed by atoms with Crippen LogP contribution in [0.25, 0.3) is 11.3 Å². The summed E-state index contributed by atoms with van der Waals surface area (Å²) in [5, 5.41) is 3.53. The summed E-state index contributed by atoms with van der Waals surface area (Å²) < 4.78 is 0. The van der Waals surface area contributed by atoms with Crippen LogP contribution in [0.15, 0.2) is 60.7 Å². The maximum Gasteiger partial charge on any atom is 0.227 e. The fourth-order valence-corrected chi connectivity index (χ4v) is 3.49. The fourth-order valence-electron chi connectivity index (χ4n) is 3.49. The van der Waals surface area contributed by atoms with Gasteiger partial charge in [0.05, 0.1) is 5.69 Å².